The highest BCUT2D eigenvalue weighted by molar-refractivity contribution is 5.35. The van der Waals surface area contributed by atoms with E-state index in [0.717, 1.165) is 44.6 Å². The van der Waals surface area contributed by atoms with E-state index in [0.29, 0.717) is 18.2 Å². The standard InChI is InChI=1S/C18H26FN5O/c1-14(25)11-23-6-4-15(5-7-23)9-20-10-16-2-3-18(17(19)8-16)24-13-21-12-22-24/h2-3,8,12-15,20,25H,4-7,9-11H2,1H3/t14-/m0/s1. The van der Waals surface area contributed by atoms with Crippen molar-refractivity contribution in [2.75, 3.05) is 26.2 Å². The maximum Gasteiger partial charge on any atom is 0.149 e. The first-order valence-corrected chi connectivity index (χ1v) is 8.86. The number of piperidine rings is 1. The molecule has 2 heterocycles. The van der Waals surface area contributed by atoms with Gasteiger partial charge in [0.05, 0.1) is 6.10 Å². The molecule has 1 saturated heterocycles. The van der Waals surface area contributed by atoms with Crippen LogP contribution in [0.5, 0.6) is 0 Å². The number of aromatic nitrogens is 3. The molecule has 1 fully saturated rings. The Labute approximate surface area is 147 Å². The summed E-state index contributed by atoms with van der Waals surface area (Å²) in [4.78, 5) is 6.16. The van der Waals surface area contributed by atoms with Gasteiger partial charge in [-0.3, -0.25) is 0 Å². The zero-order chi connectivity index (χ0) is 17.6. The highest BCUT2D eigenvalue weighted by atomic mass is 19.1. The number of nitrogens with zero attached hydrogens (tertiary/aromatic N) is 4. The highest BCUT2D eigenvalue weighted by Crippen LogP contribution is 2.17. The van der Waals surface area contributed by atoms with Crippen molar-refractivity contribution in [1.29, 1.82) is 0 Å². The van der Waals surface area contributed by atoms with Crippen LogP contribution in [0.3, 0.4) is 0 Å². The monoisotopic (exact) mass is 347 g/mol. The van der Waals surface area contributed by atoms with Crippen LogP contribution in [0.25, 0.3) is 5.69 Å². The number of likely N-dealkylation sites (tertiary alicyclic amines) is 1. The van der Waals surface area contributed by atoms with Crippen LogP contribution in [0.2, 0.25) is 0 Å². The fourth-order valence-electron chi connectivity index (χ4n) is 3.35. The first kappa shape index (κ1) is 18.0. The van der Waals surface area contributed by atoms with E-state index in [1.165, 1.54) is 17.3 Å². The van der Waals surface area contributed by atoms with Gasteiger partial charge in [0.25, 0.3) is 0 Å². The first-order valence-electron chi connectivity index (χ1n) is 8.86. The van der Waals surface area contributed by atoms with Gasteiger partial charge < -0.3 is 15.3 Å². The maximum atomic E-state index is 14.2. The van der Waals surface area contributed by atoms with Crippen molar-refractivity contribution in [3.63, 3.8) is 0 Å². The number of halogens is 1. The molecule has 0 radical (unpaired) electrons. The van der Waals surface area contributed by atoms with E-state index in [9.17, 15) is 9.50 Å². The van der Waals surface area contributed by atoms with Crippen molar-refractivity contribution in [3.05, 3.63) is 42.2 Å². The smallest absolute Gasteiger partial charge is 0.149 e. The molecule has 0 saturated carbocycles. The Morgan fingerprint density at radius 3 is 2.80 bits per heavy atom. The number of aliphatic hydroxyl groups excluding tert-OH is 1. The van der Waals surface area contributed by atoms with E-state index < -0.39 is 0 Å². The molecule has 1 aromatic carbocycles. The molecule has 1 aliphatic heterocycles. The Morgan fingerprint density at radius 2 is 2.16 bits per heavy atom. The van der Waals surface area contributed by atoms with Gasteiger partial charge in [0.15, 0.2) is 0 Å². The van der Waals surface area contributed by atoms with E-state index in [1.807, 2.05) is 13.0 Å². The van der Waals surface area contributed by atoms with Crippen LogP contribution in [-0.4, -0.2) is 57.1 Å². The Hall–Kier alpha value is -1.83. The van der Waals surface area contributed by atoms with Gasteiger partial charge in [-0.25, -0.2) is 14.1 Å². The average Bonchev–Trinajstić information content (AvgIpc) is 3.10. The van der Waals surface area contributed by atoms with Crippen LogP contribution < -0.4 is 5.32 Å². The first-order chi connectivity index (χ1) is 12.1. The molecule has 0 spiro atoms. The predicted octanol–water partition coefficient (Wildman–Crippen LogP) is 1.59. The molecule has 2 N–H and O–H groups in total. The third-order valence-electron chi connectivity index (χ3n) is 4.67. The number of nitrogens with one attached hydrogen (secondary N) is 1. The minimum atomic E-state index is -0.295. The summed E-state index contributed by atoms with van der Waals surface area (Å²) < 4.78 is 15.6. The van der Waals surface area contributed by atoms with E-state index >= 15 is 0 Å². The van der Waals surface area contributed by atoms with Crippen LogP contribution in [-0.2, 0) is 6.54 Å². The summed E-state index contributed by atoms with van der Waals surface area (Å²) in [6.07, 6.45) is 4.89. The van der Waals surface area contributed by atoms with Crippen LogP contribution in [0.4, 0.5) is 4.39 Å². The second-order valence-corrected chi connectivity index (χ2v) is 6.85. The van der Waals surface area contributed by atoms with Crippen LogP contribution in [0.1, 0.15) is 25.3 Å². The summed E-state index contributed by atoms with van der Waals surface area (Å²) in [6.45, 7) is 6.27. The van der Waals surface area contributed by atoms with Crippen LogP contribution in [0, 0.1) is 11.7 Å². The number of benzene rings is 1. The van der Waals surface area contributed by atoms with Gasteiger partial charge in [-0.2, -0.15) is 5.10 Å². The SMILES string of the molecule is C[C@H](O)CN1CCC(CNCc2ccc(-n3cncn3)c(F)c2)CC1. The van der Waals surface area contributed by atoms with E-state index in [-0.39, 0.29) is 11.9 Å². The highest BCUT2D eigenvalue weighted by Gasteiger charge is 2.19. The summed E-state index contributed by atoms with van der Waals surface area (Å²) in [5.41, 5.74) is 1.33. The van der Waals surface area contributed by atoms with Gasteiger partial charge in [0, 0.05) is 13.1 Å². The van der Waals surface area contributed by atoms with Gasteiger partial charge >= 0.3 is 0 Å². The Bertz CT molecular complexity index is 653. The van der Waals surface area contributed by atoms with Crippen molar-refractivity contribution in [2.24, 2.45) is 5.92 Å². The molecule has 136 valence electrons. The average molecular weight is 347 g/mol. The van der Waals surface area contributed by atoms with Crippen molar-refractivity contribution in [3.8, 4) is 5.69 Å². The third kappa shape index (κ3) is 5.07. The Kier molecular flexibility index (Phi) is 6.12. The fourth-order valence-corrected chi connectivity index (χ4v) is 3.35. The summed E-state index contributed by atoms with van der Waals surface area (Å²) in [5.74, 6) is 0.348. The molecule has 7 heteroatoms. The zero-order valence-electron chi connectivity index (χ0n) is 14.6. The lowest BCUT2D eigenvalue weighted by molar-refractivity contribution is 0.0998. The number of rotatable bonds is 7. The number of hydrogen-bond acceptors (Lipinski definition) is 5. The quantitative estimate of drug-likeness (QED) is 0.796. The van der Waals surface area contributed by atoms with Crippen molar-refractivity contribution in [2.45, 2.75) is 32.4 Å². The van der Waals surface area contributed by atoms with Crippen molar-refractivity contribution in [1.82, 2.24) is 25.0 Å². The molecule has 0 aliphatic carbocycles. The van der Waals surface area contributed by atoms with Crippen LogP contribution in [0.15, 0.2) is 30.9 Å². The zero-order valence-corrected chi connectivity index (χ0v) is 14.6. The number of hydrogen-bond donors (Lipinski definition) is 2. The van der Waals surface area contributed by atoms with Crippen molar-refractivity contribution < 1.29 is 9.50 Å². The van der Waals surface area contributed by atoms with Gasteiger partial charge in [-0.15, -0.1) is 0 Å². The predicted molar refractivity (Wildman–Crippen MR) is 93.9 cm³/mol. The molecule has 1 aromatic heterocycles. The molecule has 0 bridgehead atoms. The Morgan fingerprint density at radius 1 is 1.36 bits per heavy atom. The molecule has 3 rings (SSSR count). The largest absolute Gasteiger partial charge is 0.392 e. The summed E-state index contributed by atoms with van der Waals surface area (Å²) in [5, 5.41) is 16.8. The second kappa shape index (κ2) is 8.51. The minimum absolute atomic E-state index is 0.259. The van der Waals surface area contributed by atoms with Crippen molar-refractivity contribution >= 4 is 0 Å². The number of aliphatic hydroxyl groups is 1. The van der Waals surface area contributed by atoms with Gasteiger partial charge in [0.2, 0.25) is 0 Å². The topological polar surface area (TPSA) is 66.2 Å². The maximum absolute atomic E-state index is 14.2. The van der Waals surface area contributed by atoms with Gasteiger partial charge in [-0.1, -0.05) is 6.07 Å². The van der Waals surface area contributed by atoms with Crippen LogP contribution >= 0.6 is 0 Å². The third-order valence-corrected chi connectivity index (χ3v) is 4.67. The minimum Gasteiger partial charge on any atom is -0.392 e. The molecule has 0 unspecified atom stereocenters. The van der Waals surface area contributed by atoms with E-state index in [4.69, 9.17) is 0 Å². The lowest BCUT2D eigenvalue weighted by atomic mass is 9.96. The molecule has 1 atom stereocenters. The summed E-state index contributed by atoms with van der Waals surface area (Å²) >= 11 is 0. The molecular formula is C18H26FN5O. The number of β-amino-alcohol motifs (C(OH)–C–C–N with tert-alkyl or cyclic N) is 1. The fraction of sp³-hybridized carbons (Fsp3) is 0.556. The van der Waals surface area contributed by atoms with E-state index in [1.54, 1.807) is 12.1 Å². The summed E-state index contributed by atoms with van der Waals surface area (Å²) in [7, 11) is 0. The lowest BCUT2D eigenvalue weighted by Gasteiger charge is -2.32. The lowest BCUT2D eigenvalue weighted by Crippen LogP contribution is -2.40. The normalized spacial score (nSPS) is 17.7. The molecule has 6 nitrogen and oxygen atoms in total. The molecular weight excluding hydrogens is 321 g/mol. The molecule has 25 heavy (non-hydrogen) atoms. The molecule has 2 aromatic rings. The summed E-state index contributed by atoms with van der Waals surface area (Å²) in [6, 6.07) is 5.20. The van der Waals surface area contributed by atoms with E-state index in [2.05, 4.69) is 20.3 Å². The molecule has 0 amide bonds. The van der Waals surface area contributed by atoms with Gasteiger partial charge in [0.1, 0.15) is 24.2 Å². The Balaban J connectivity index is 1.43. The van der Waals surface area contributed by atoms with Gasteiger partial charge in [-0.05, 0) is 63.0 Å². The second-order valence-electron chi connectivity index (χ2n) is 6.85. The molecule has 1 aliphatic rings.